The largest absolute Gasteiger partial charge is 0.385 e. The molecule has 0 atom stereocenters. The number of nitrogens with zero attached hydrogens (tertiary/aromatic N) is 2. The lowest BCUT2D eigenvalue weighted by molar-refractivity contribution is 0.0889. The fraction of sp³-hybridized carbons (Fsp3) is 0.300. The Morgan fingerprint density at radius 3 is 1.75 bits per heavy atom. The van der Waals surface area contributed by atoms with E-state index in [0.29, 0.717) is 26.4 Å². The summed E-state index contributed by atoms with van der Waals surface area (Å²) in [4.78, 5) is 17.0. The minimum absolute atomic E-state index is 0.00881. The van der Waals surface area contributed by atoms with Gasteiger partial charge >= 0.3 is 0 Å². The van der Waals surface area contributed by atoms with Crippen LogP contribution in [-0.2, 0) is 29.8 Å². The van der Waals surface area contributed by atoms with Crippen molar-refractivity contribution in [2.75, 3.05) is 54.9 Å². The predicted molar refractivity (Wildman–Crippen MR) is 242 cm³/mol. The number of amides is 1. The van der Waals surface area contributed by atoms with Gasteiger partial charge in [-0.3, -0.25) is 9.69 Å². The summed E-state index contributed by atoms with van der Waals surface area (Å²) in [6, 6.07) is 24.9. The average molecular weight is 915 g/mol. The van der Waals surface area contributed by atoms with Gasteiger partial charge in [0.25, 0.3) is 5.91 Å². The number of halogens is 2. The van der Waals surface area contributed by atoms with Crippen LogP contribution in [0.5, 0.6) is 0 Å². The van der Waals surface area contributed by atoms with Crippen LogP contribution in [0, 0.1) is 0 Å². The van der Waals surface area contributed by atoms with E-state index in [9.17, 15) is 0 Å². The number of carbonyl (C=O) groups is 1. The van der Waals surface area contributed by atoms with E-state index in [-0.39, 0.29) is 16.7 Å². The van der Waals surface area contributed by atoms with E-state index < -0.39 is 0 Å². The zero-order chi connectivity index (χ0) is 40.8. The Balaban J connectivity index is 1.26. The number of hydrogen-bond donors (Lipinski definition) is 0. The lowest BCUT2D eigenvalue weighted by atomic mass is 9.72. The van der Waals surface area contributed by atoms with Crippen LogP contribution in [-0.4, -0.2) is 70.1 Å². The van der Waals surface area contributed by atoms with Gasteiger partial charge in [-0.2, -0.15) is 0 Å². The Morgan fingerprint density at radius 2 is 1.19 bits per heavy atom. The molecular formula is C50H46Br2N2O5. The normalized spacial score (nSPS) is 16.5. The molecule has 59 heavy (non-hydrogen) atoms. The molecule has 4 heterocycles. The molecule has 10 rings (SSSR count). The summed E-state index contributed by atoms with van der Waals surface area (Å²) in [6.45, 7) is 4.50. The Kier molecular flexibility index (Phi) is 9.66. The van der Waals surface area contributed by atoms with Gasteiger partial charge in [0, 0.05) is 103 Å². The van der Waals surface area contributed by atoms with Crippen molar-refractivity contribution >= 4 is 71.9 Å². The summed E-state index contributed by atoms with van der Waals surface area (Å²) in [6.07, 6.45) is 11.6. The zero-order valence-electron chi connectivity index (χ0n) is 34.0. The van der Waals surface area contributed by atoms with Crippen molar-refractivity contribution in [2.24, 2.45) is 0 Å². The predicted octanol–water partition coefficient (Wildman–Crippen LogP) is 9.69. The number of fused-ring (bicyclic) bond motifs is 14. The summed E-state index contributed by atoms with van der Waals surface area (Å²) >= 11 is 7.58. The highest BCUT2D eigenvalue weighted by Gasteiger charge is 2.46. The monoisotopic (exact) mass is 912 g/mol. The quantitative estimate of drug-likeness (QED) is 0.123. The molecular weight excluding hydrogens is 868 g/mol. The van der Waals surface area contributed by atoms with Gasteiger partial charge in [-0.1, -0.05) is 50.1 Å². The number of aromatic nitrogens is 1. The molecule has 2 aromatic heterocycles. The van der Waals surface area contributed by atoms with Gasteiger partial charge in [-0.15, -0.1) is 0 Å². The van der Waals surface area contributed by atoms with Gasteiger partial charge in [0.2, 0.25) is 0 Å². The first-order valence-electron chi connectivity index (χ1n) is 20.3. The summed E-state index contributed by atoms with van der Waals surface area (Å²) in [5.41, 5.74) is 14.1. The fourth-order valence-corrected chi connectivity index (χ4v) is 11.7. The Bertz CT molecular complexity index is 2910. The number of carbonyl (C=O) groups excluding carboxylic acids is 1. The van der Waals surface area contributed by atoms with E-state index in [2.05, 4.69) is 128 Å². The van der Waals surface area contributed by atoms with E-state index in [1.165, 1.54) is 44.5 Å². The summed E-state index contributed by atoms with van der Waals surface area (Å²) < 4.78 is 27.4. The molecule has 4 aliphatic rings. The molecule has 0 unspecified atom stereocenters. The standard InChI is InChI=1S/C50H46Br2N2O5/c1-6-43-44-45(47-36-28-42-37(23-29(36)11-17-53(43)47)33-9-7-32(52)26-40(33)50(42,15-21-58-4)16-22-59-5)48(55)54-18-12-30-24-38-34-10-8-31(51)25-39(34)49(13-19-56-2,14-20-57-3)41(38)27-35(30)46(44)54/h6-12,17-18,23-28H,13-16,19-22H2,1-5H3. The van der Waals surface area contributed by atoms with Gasteiger partial charge in [-0.25, -0.2) is 0 Å². The number of methoxy groups -OCH3 is 4. The van der Waals surface area contributed by atoms with Gasteiger partial charge in [0.1, 0.15) is 0 Å². The SMILES string of the molecule is CC=c1c2c(c3c4cc5c(cc4ccn13)-c1ccc(Br)cc1C5(CCOC)CCOC)C(=O)N1C=Cc3cc4c(cc3C=21)C(CCOC)(CCOC)c1cc(Br)ccc1-4. The van der Waals surface area contributed by atoms with Crippen LogP contribution in [0.1, 0.15) is 76.3 Å². The molecule has 2 aliphatic carbocycles. The maximum absolute atomic E-state index is 15.1. The molecule has 0 saturated heterocycles. The fourth-order valence-electron chi connectivity index (χ4n) is 11.0. The molecule has 0 fully saturated rings. The van der Waals surface area contributed by atoms with Crippen molar-refractivity contribution in [1.82, 2.24) is 9.30 Å². The van der Waals surface area contributed by atoms with Crippen molar-refractivity contribution in [3.63, 3.8) is 0 Å². The molecule has 2 aliphatic heterocycles. The lowest BCUT2D eigenvalue weighted by Gasteiger charge is -2.33. The van der Waals surface area contributed by atoms with Crippen molar-refractivity contribution in [2.45, 2.75) is 43.4 Å². The highest BCUT2D eigenvalue weighted by atomic mass is 79.9. The third-order valence-electron chi connectivity index (χ3n) is 13.7. The van der Waals surface area contributed by atoms with E-state index in [4.69, 9.17) is 18.9 Å². The molecule has 0 bridgehead atoms. The smallest absolute Gasteiger partial charge is 0.265 e. The van der Waals surface area contributed by atoms with Gasteiger partial charge in [-0.05, 0) is 149 Å². The third-order valence-corrected chi connectivity index (χ3v) is 14.6. The summed E-state index contributed by atoms with van der Waals surface area (Å²) in [5, 5.41) is 4.15. The Hall–Kier alpha value is -4.35. The van der Waals surface area contributed by atoms with E-state index in [0.717, 1.165) is 83.9 Å². The molecule has 7 nitrogen and oxygen atoms in total. The van der Waals surface area contributed by atoms with Crippen LogP contribution in [0.4, 0.5) is 0 Å². The molecule has 0 spiro atoms. The molecule has 4 aromatic carbocycles. The van der Waals surface area contributed by atoms with Crippen molar-refractivity contribution in [3.05, 3.63) is 138 Å². The number of ether oxygens (including phenoxy) is 4. The second kappa shape index (κ2) is 14.7. The van der Waals surface area contributed by atoms with Gasteiger partial charge in [0.15, 0.2) is 0 Å². The second-order valence-electron chi connectivity index (χ2n) is 16.3. The van der Waals surface area contributed by atoms with Crippen LogP contribution in [0.2, 0.25) is 0 Å². The van der Waals surface area contributed by atoms with Crippen molar-refractivity contribution in [1.29, 1.82) is 0 Å². The minimum atomic E-state index is -0.333. The zero-order valence-corrected chi connectivity index (χ0v) is 37.2. The molecule has 1 amide bonds. The maximum atomic E-state index is 15.1. The molecule has 9 heteroatoms. The van der Waals surface area contributed by atoms with Gasteiger partial charge in [0.05, 0.1) is 22.1 Å². The highest BCUT2D eigenvalue weighted by Crippen LogP contribution is 2.57. The van der Waals surface area contributed by atoms with Gasteiger partial charge < -0.3 is 23.3 Å². The molecule has 0 saturated carbocycles. The molecule has 6 aromatic rings. The van der Waals surface area contributed by atoms with Crippen LogP contribution in [0.15, 0.2) is 88.1 Å². The summed E-state index contributed by atoms with van der Waals surface area (Å²) in [7, 11) is 7.09. The molecule has 300 valence electrons. The number of rotatable bonds is 12. The average Bonchev–Trinajstić information content (AvgIpc) is 3.91. The number of hydrogen-bond acceptors (Lipinski definition) is 5. The van der Waals surface area contributed by atoms with Crippen molar-refractivity contribution in [3.8, 4) is 22.3 Å². The first-order chi connectivity index (χ1) is 28.7. The Labute approximate surface area is 361 Å². The summed E-state index contributed by atoms with van der Waals surface area (Å²) in [5.74, 6) is -0.00881. The number of pyridine rings is 1. The topological polar surface area (TPSA) is 61.6 Å². The van der Waals surface area contributed by atoms with Crippen LogP contribution in [0.3, 0.4) is 0 Å². The van der Waals surface area contributed by atoms with E-state index in [1.807, 2.05) is 11.1 Å². The van der Waals surface area contributed by atoms with Crippen molar-refractivity contribution < 1.29 is 23.7 Å². The number of benzene rings is 4. The van der Waals surface area contributed by atoms with E-state index in [1.54, 1.807) is 28.4 Å². The third kappa shape index (κ3) is 5.48. The lowest BCUT2D eigenvalue weighted by Crippen LogP contribution is -2.31. The second-order valence-corrected chi connectivity index (χ2v) is 18.1. The van der Waals surface area contributed by atoms with Crippen LogP contribution < -0.4 is 10.6 Å². The van der Waals surface area contributed by atoms with E-state index >= 15 is 4.79 Å². The minimum Gasteiger partial charge on any atom is -0.385 e. The maximum Gasteiger partial charge on any atom is 0.265 e. The molecule has 0 N–H and O–H groups in total. The van der Waals surface area contributed by atoms with Crippen LogP contribution in [0.25, 0.3) is 56.4 Å². The Morgan fingerprint density at radius 1 is 0.644 bits per heavy atom. The highest BCUT2D eigenvalue weighted by molar-refractivity contribution is 9.10. The van der Waals surface area contributed by atoms with Crippen LogP contribution >= 0.6 is 31.9 Å². The molecule has 0 radical (unpaired) electrons. The first-order valence-corrected chi connectivity index (χ1v) is 21.9. The first kappa shape index (κ1) is 38.8.